The van der Waals surface area contributed by atoms with Crippen LogP contribution in [-0.4, -0.2) is 143 Å². The summed E-state index contributed by atoms with van der Waals surface area (Å²) in [5.41, 5.74) is -3.69. The fourth-order valence-electron chi connectivity index (χ4n) is 8.85. The van der Waals surface area contributed by atoms with E-state index in [1.807, 2.05) is 6.92 Å². The molecule has 55 heavy (non-hydrogen) atoms. The summed E-state index contributed by atoms with van der Waals surface area (Å²) in [4.78, 5) is 69.6. The highest BCUT2D eigenvalue weighted by molar-refractivity contribution is 7.81. The Balaban J connectivity index is 1.14. The fraction of sp³-hybridized carbons (Fsp3) is 0.541. The molecule has 0 radical (unpaired) electrons. The smallest absolute Gasteiger partial charge is 0.252 e. The first kappa shape index (κ1) is 37.8. The standard InChI is InChI=1S/C37H41N3O14S/c1-15-32-18(39-9-10-51-35(50-3)34(39)54-32)11-23(52-15)53-20-14-37(48,36(47)38-7-8-40-22(41)12-21(55)33(40)46)13-17-25(20)31(45)27-26(29(17)43)28(42)16-5-4-6-19(49-2)24(16)30(27)44/h4-6,15,18,20-21,23,32,34-35,43,45,48,55H,7-14H2,1-3H3,(H,38,47)/t15-,18-,20-,21?,23-,32+,34+,35-,37-/m0/s1. The van der Waals surface area contributed by atoms with Gasteiger partial charge in [-0.15, -0.1) is 0 Å². The normalized spacial score (nSPS) is 32.8. The SMILES string of the molecule is COc1cccc2c1C(=O)c1c(O)c3c(c(O)c1C2=O)C[C@@](O)(C(=O)NCCN1C(=O)CC(S)C1=O)C[C@@H]3O[C@H]1C[C@H]2[C@H](O[C@@H]3[C@@H](OC)OCCN32)[C@H](C)O1. The molecular weight excluding hydrogens is 742 g/mol. The first-order valence-electron chi connectivity index (χ1n) is 18.0. The number of ether oxygens (including phenoxy) is 6. The van der Waals surface area contributed by atoms with Gasteiger partial charge in [0.25, 0.3) is 5.91 Å². The molecule has 4 fully saturated rings. The molecule has 0 aromatic heterocycles. The molecule has 8 rings (SSSR count). The summed E-state index contributed by atoms with van der Waals surface area (Å²) < 4.78 is 35.7. The Hall–Kier alpha value is -4.14. The average Bonchev–Trinajstić information content (AvgIpc) is 3.66. The first-order valence-corrected chi connectivity index (χ1v) is 18.6. The minimum absolute atomic E-state index is 0.0624. The molecule has 4 heterocycles. The van der Waals surface area contributed by atoms with Crippen LogP contribution in [0.1, 0.15) is 75.3 Å². The zero-order valence-corrected chi connectivity index (χ0v) is 31.1. The molecule has 0 bridgehead atoms. The van der Waals surface area contributed by atoms with Crippen LogP contribution in [0.4, 0.5) is 0 Å². The number of thiol groups is 1. The van der Waals surface area contributed by atoms with Gasteiger partial charge in [0.05, 0.1) is 47.9 Å². The number of carbonyl (C=O) groups is 5. The van der Waals surface area contributed by atoms with Gasteiger partial charge in [0.15, 0.2) is 24.6 Å². The van der Waals surface area contributed by atoms with Crippen LogP contribution < -0.4 is 10.1 Å². The fourth-order valence-corrected chi connectivity index (χ4v) is 9.14. The lowest BCUT2D eigenvalue weighted by atomic mass is 9.72. The van der Waals surface area contributed by atoms with Gasteiger partial charge in [-0.05, 0) is 13.0 Å². The number of imide groups is 1. The second-order valence-electron chi connectivity index (χ2n) is 14.6. The number of fused-ring (bicyclic) bond motifs is 6. The Labute approximate surface area is 320 Å². The van der Waals surface area contributed by atoms with Crippen molar-refractivity contribution in [3.63, 3.8) is 0 Å². The van der Waals surface area contributed by atoms with E-state index >= 15 is 0 Å². The molecule has 4 saturated heterocycles. The number of ketones is 2. The zero-order valence-electron chi connectivity index (χ0n) is 30.2. The van der Waals surface area contributed by atoms with Crippen LogP contribution in [0.5, 0.6) is 17.2 Å². The highest BCUT2D eigenvalue weighted by Crippen LogP contribution is 2.53. The molecule has 0 saturated carbocycles. The molecule has 18 heteroatoms. The Morgan fingerprint density at radius 3 is 2.55 bits per heavy atom. The molecule has 2 aliphatic carbocycles. The number of hydrogen-bond acceptors (Lipinski definition) is 16. The van der Waals surface area contributed by atoms with Gasteiger partial charge >= 0.3 is 0 Å². The van der Waals surface area contributed by atoms with Crippen LogP contribution in [0.3, 0.4) is 0 Å². The molecule has 2 aromatic rings. The van der Waals surface area contributed by atoms with Crippen molar-refractivity contribution < 1.29 is 67.7 Å². The van der Waals surface area contributed by atoms with Gasteiger partial charge < -0.3 is 49.1 Å². The molecule has 4 N–H and O–H groups in total. The molecule has 17 nitrogen and oxygen atoms in total. The summed E-state index contributed by atoms with van der Waals surface area (Å²) >= 11 is 4.12. The van der Waals surface area contributed by atoms with Crippen LogP contribution >= 0.6 is 12.6 Å². The Bertz CT molecular complexity index is 1990. The lowest BCUT2D eigenvalue weighted by Crippen LogP contribution is -2.55. The number of morpholine rings is 1. The maximum atomic E-state index is 14.1. The van der Waals surface area contributed by atoms with Crippen LogP contribution in [0.25, 0.3) is 0 Å². The van der Waals surface area contributed by atoms with Crippen molar-refractivity contribution in [2.24, 2.45) is 0 Å². The van der Waals surface area contributed by atoms with Gasteiger partial charge in [-0.25, -0.2) is 0 Å². The van der Waals surface area contributed by atoms with E-state index < -0.39 is 107 Å². The quantitative estimate of drug-likeness (QED) is 0.118. The summed E-state index contributed by atoms with van der Waals surface area (Å²) in [6, 6.07) is 4.19. The topological polar surface area (TPSA) is 220 Å². The van der Waals surface area contributed by atoms with Crippen molar-refractivity contribution in [1.82, 2.24) is 15.1 Å². The van der Waals surface area contributed by atoms with Gasteiger partial charge in [0, 0.05) is 75.2 Å². The van der Waals surface area contributed by atoms with E-state index in [1.54, 1.807) is 0 Å². The van der Waals surface area contributed by atoms with E-state index in [4.69, 9.17) is 28.4 Å². The first-order chi connectivity index (χ1) is 26.3. The Morgan fingerprint density at radius 2 is 1.84 bits per heavy atom. The maximum absolute atomic E-state index is 14.1. The maximum Gasteiger partial charge on any atom is 0.252 e. The summed E-state index contributed by atoms with van der Waals surface area (Å²) in [5.74, 6) is -4.68. The summed E-state index contributed by atoms with van der Waals surface area (Å²) in [6.45, 7) is 2.38. The van der Waals surface area contributed by atoms with E-state index in [-0.39, 0.29) is 66.1 Å². The Kier molecular flexibility index (Phi) is 9.69. The van der Waals surface area contributed by atoms with Gasteiger partial charge in [-0.2, -0.15) is 12.6 Å². The predicted octanol–water partition coefficient (Wildman–Crippen LogP) is 0.323. The third kappa shape index (κ3) is 6.01. The zero-order chi connectivity index (χ0) is 39.1. The van der Waals surface area contributed by atoms with Crippen molar-refractivity contribution in [1.29, 1.82) is 0 Å². The van der Waals surface area contributed by atoms with Crippen molar-refractivity contribution in [2.45, 2.75) is 86.6 Å². The van der Waals surface area contributed by atoms with E-state index in [0.717, 1.165) is 4.90 Å². The lowest BCUT2D eigenvalue weighted by molar-refractivity contribution is -0.256. The molecule has 9 atom stereocenters. The number of phenolic OH excluding ortho intramolecular Hbond substituents is 2. The Morgan fingerprint density at radius 1 is 1.07 bits per heavy atom. The largest absolute Gasteiger partial charge is 0.507 e. The van der Waals surface area contributed by atoms with Crippen molar-refractivity contribution >= 4 is 41.9 Å². The number of benzene rings is 2. The van der Waals surface area contributed by atoms with Crippen LogP contribution in [0, 0.1) is 0 Å². The molecule has 294 valence electrons. The number of amides is 3. The number of aliphatic hydroxyl groups is 1. The number of nitrogens with one attached hydrogen (secondary N) is 1. The van der Waals surface area contributed by atoms with E-state index in [1.165, 1.54) is 32.4 Å². The number of methoxy groups -OCH3 is 2. The van der Waals surface area contributed by atoms with Crippen molar-refractivity contribution in [2.75, 3.05) is 40.5 Å². The minimum Gasteiger partial charge on any atom is -0.507 e. The van der Waals surface area contributed by atoms with Crippen molar-refractivity contribution in [3.05, 3.63) is 51.6 Å². The number of rotatable bonds is 8. The molecule has 6 aliphatic rings. The third-order valence-corrected chi connectivity index (χ3v) is 11.8. The molecule has 2 aromatic carbocycles. The van der Waals surface area contributed by atoms with Crippen LogP contribution in [0.15, 0.2) is 18.2 Å². The highest BCUT2D eigenvalue weighted by atomic mass is 32.1. The average molecular weight is 784 g/mol. The monoisotopic (exact) mass is 783 g/mol. The molecule has 0 spiro atoms. The predicted molar refractivity (Wildman–Crippen MR) is 189 cm³/mol. The van der Waals surface area contributed by atoms with Gasteiger partial charge in [0.1, 0.15) is 29.0 Å². The molecule has 4 aliphatic heterocycles. The van der Waals surface area contributed by atoms with Crippen LogP contribution in [0.2, 0.25) is 0 Å². The second-order valence-corrected chi connectivity index (χ2v) is 15.2. The van der Waals surface area contributed by atoms with Gasteiger partial charge in [-0.3, -0.25) is 33.8 Å². The minimum atomic E-state index is -2.32. The number of carbonyl (C=O) groups excluding carboxylic acids is 5. The lowest BCUT2D eigenvalue weighted by Gasteiger charge is -2.43. The summed E-state index contributed by atoms with van der Waals surface area (Å²) in [5, 5.41) is 37.7. The molecular formula is C37H41N3O14S. The van der Waals surface area contributed by atoms with E-state index in [0.29, 0.717) is 13.2 Å². The van der Waals surface area contributed by atoms with Crippen LogP contribution in [-0.2, 0) is 44.5 Å². The second kappa shape index (κ2) is 14.1. The number of nitrogens with zero attached hydrogens (tertiary/aromatic N) is 2. The summed E-state index contributed by atoms with van der Waals surface area (Å²) in [7, 11) is 2.86. The number of likely N-dealkylation sites (tertiary alicyclic amines) is 1. The van der Waals surface area contributed by atoms with E-state index in [2.05, 4.69) is 22.8 Å². The number of phenols is 2. The number of aromatic hydroxyl groups is 2. The van der Waals surface area contributed by atoms with Crippen molar-refractivity contribution in [3.8, 4) is 17.2 Å². The van der Waals surface area contributed by atoms with Gasteiger partial charge in [-0.1, -0.05) is 12.1 Å². The van der Waals surface area contributed by atoms with Gasteiger partial charge in [0.2, 0.25) is 17.6 Å². The molecule has 1 unspecified atom stereocenters. The highest BCUT2D eigenvalue weighted by Gasteiger charge is 2.55. The third-order valence-electron chi connectivity index (χ3n) is 11.4. The summed E-state index contributed by atoms with van der Waals surface area (Å²) in [6.07, 6.45) is -5.27. The molecule has 3 amide bonds. The van der Waals surface area contributed by atoms with E-state index in [9.17, 15) is 39.3 Å². The number of hydrogen-bond donors (Lipinski definition) is 5.